The fraction of sp³-hybridized carbons (Fsp3) is 0.133. The van der Waals surface area contributed by atoms with E-state index in [4.69, 9.17) is 23.2 Å². The highest BCUT2D eigenvalue weighted by atomic mass is 35.5. The van der Waals surface area contributed by atoms with Gasteiger partial charge in [0.05, 0.1) is 0 Å². The van der Waals surface area contributed by atoms with Crippen molar-refractivity contribution in [3.63, 3.8) is 0 Å². The van der Waals surface area contributed by atoms with Crippen LogP contribution in [0, 0.1) is 11.6 Å². The summed E-state index contributed by atoms with van der Waals surface area (Å²) >= 11 is 11.5. The summed E-state index contributed by atoms with van der Waals surface area (Å²) in [6.07, 6.45) is -0.304. The molecule has 1 nitrogen and oxygen atoms in total. The summed E-state index contributed by atoms with van der Waals surface area (Å²) in [4.78, 5) is 11.9. The summed E-state index contributed by atoms with van der Waals surface area (Å²) in [5.41, 5.74) is 0.361. The zero-order valence-electron chi connectivity index (χ0n) is 10.3. The molecule has 0 atom stereocenters. The minimum Gasteiger partial charge on any atom is -0.299 e. The normalized spacial score (nSPS) is 10.6. The lowest BCUT2D eigenvalue weighted by Gasteiger charge is -2.06. The molecule has 0 spiro atoms. The number of hydrogen-bond acceptors (Lipinski definition) is 1. The second kappa shape index (κ2) is 6.33. The van der Waals surface area contributed by atoms with Crippen molar-refractivity contribution in [3.05, 3.63) is 69.2 Å². The fourth-order valence-electron chi connectivity index (χ4n) is 1.84. The third-order valence-electron chi connectivity index (χ3n) is 2.84. The van der Waals surface area contributed by atoms with E-state index < -0.39 is 11.6 Å². The van der Waals surface area contributed by atoms with Crippen molar-refractivity contribution in [1.82, 2.24) is 0 Å². The summed E-state index contributed by atoms with van der Waals surface area (Å²) in [5, 5.41) is 0.450. The van der Waals surface area contributed by atoms with E-state index >= 15 is 0 Å². The van der Waals surface area contributed by atoms with Crippen LogP contribution in [-0.4, -0.2) is 5.78 Å². The van der Waals surface area contributed by atoms with Crippen molar-refractivity contribution in [2.75, 3.05) is 0 Å². The first-order valence-corrected chi connectivity index (χ1v) is 6.61. The van der Waals surface area contributed by atoms with Crippen LogP contribution in [0.3, 0.4) is 0 Å². The minimum absolute atomic E-state index is 0.131. The molecule has 5 heteroatoms. The number of hydrogen-bond donors (Lipinski definition) is 0. The van der Waals surface area contributed by atoms with Gasteiger partial charge in [-0.3, -0.25) is 4.79 Å². The first kappa shape index (κ1) is 14.9. The molecular weight excluding hydrogens is 305 g/mol. The van der Waals surface area contributed by atoms with Crippen LogP contribution in [0.5, 0.6) is 0 Å². The summed E-state index contributed by atoms with van der Waals surface area (Å²) in [7, 11) is 0. The molecule has 0 aromatic heterocycles. The topological polar surface area (TPSA) is 17.1 Å². The number of halogens is 4. The van der Waals surface area contributed by atoms with E-state index in [1.54, 1.807) is 0 Å². The van der Waals surface area contributed by atoms with Crippen LogP contribution in [0.2, 0.25) is 10.0 Å². The Balaban J connectivity index is 2.13. The Labute approximate surface area is 125 Å². The molecule has 0 saturated carbocycles. The van der Waals surface area contributed by atoms with E-state index in [9.17, 15) is 13.6 Å². The fourth-order valence-corrected chi connectivity index (χ4v) is 2.23. The van der Waals surface area contributed by atoms with Gasteiger partial charge in [-0.15, -0.1) is 0 Å². The highest BCUT2D eigenvalue weighted by molar-refractivity contribution is 6.31. The quantitative estimate of drug-likeness (QED) is 0.804. The van der Waals surface area contributed by atoms with E-state index in [0.29, 0.717) is 0 Å². The molecular formula is C15H10Cl2F2O. The maximum Gasteiger partial charge on any atom is 0.141 e. The standard InChI is InChI=1S/C15H10Cl2F2O/c16-10-5-4-9(15(19)7-10)6-11(20)8-12-13(17)2-1-3-14(12)18/h1-5,7H,6,8H2. The molecule has 2 rings (SSSR count). The predicted molar refractivity (Wildman–Crippen MR) is 75.2 cm³/mol. The lowest BCUT2D eigenvalue weighted by Crippen LogP contribution is -2.09. The molecule has 0 aliphatic carbocycles. The van der Waals surface area contributed by atoms with E-state index in [-0.39, 0.29) is 39.8 Å². The van der Waals surface area contributed by atoms with Crippen LogP contribution in [0.4, 0.5) is 8.78 Å². The first-order valence-electron chi connectivity index (χ1n) is 5.86. The van der Waals surface area contributed by atoms with Crippen LogP contribution >= 0.6 is 23.2 Å². The average molecular weight is 315 g/mol. The van der Waals surface area contributed by atoms with E-state index in [1.165, 1.54) is 30.3 Å². The maximum atomic E-state index is 13.6. The molecule has 0 unspecified atom stereocenters. The van der Waals surface area contributed by atoms with Crippen molar-refractivity contribution in [2.45, 2.75) is 12.8 Å². The number of rotatable bonds is 4. The molecule has 0 aliphatic heterocycles. The number of Topliss-reactive ketones (excluding diaryl/α,β-unsaturated/α-hetero) is 1. The summed E-state index contributed by atoms with van der Waals surface area (Å²) < 4.78 is 27.1. The Hall–Kier alpha value is -1.45. The van der Waals surface area contributed by atoms with Crippen molar-refractivity contribution in [2.24, 2.45) is 0 Å². The van der Waals surface area contributed by atoms with Gasteiger partial charge >= 0.3 is 0 Å². The number of carbonyl (C=O) groups excluding carboxylic acids is 1. The van der Waals surface area contributed by atoms with Gasteiger partial charge in [0, 0.05) is 28.5 Å². The average Bonchev–Trinajstić information content (AvgIpc) is 2.37. The molecule has 0 saturated heterocycles. The molecule has 0 fully saturated rings. The largest absolute Gasteiger partial charge is 0.299 e. The molecule has 0 heterocycles. The molecule has 0 bridgehead atoms. The molecule has 104 valence electrons. The van der Waals surface area contributed by atoms with Crippen LogP contribution in [0.15, 0.2) is 36.4 Å². The molecule has 2 aromatic rings. The van der Waals surface area contributed by atoms with Gasteiger partial charge in [0.25, 0.3) is 0 Å². The van der Waals surface area contributed by atoms with Gasteiger partial charge in [-0.1, -0.05) is 35.3 Å². The van der Waals surface area contributed by atoms with Gasteiger partial charge in [0.1, 0.15) is 17.4 Å². The summed E-state index contributed by atoms with van der Waals surface area (Å²) in [6.45, 7) is 0. The van der Waals surface area contributed by atoms with Crippen molar-refractivity contribution in [3.8, 4) is 0 Å². The van der Waals surface area contributed by atoms with Crippen LogP contribution in [-0.2, 0) is 17.6 Å². The Morgan fingerprint density at radius 1 is 1.00 bits per heavy atom. The minimum atomic E-state index is -0.550. The molecule has 0 radical (unpaired) electrons. The van der Waals surface area contributed by atoms with Gasteiger partial charge in [-0.25, -0.2) is 8.78 Å². The Kier molecular flexibility index (Phi) is 4.73. The summed E-state index contributed by atoms with van der Waals surface area (Å²) in [5.74, 6) is -1.41. The van der Waals surface area contributed by atoms with Gasteiger partial charge in [-0.2, -0.15) is 0 Å². The third-order valence-corrected chi connectivity index (χ3v) is 3.43. The predicted octanol–water partition coefficient (Wildman–Crippen LogP) is 4.63. The van der Waals surface area contributed by atoms with E-state index in [0.717, 1.165) is 6.07 Å². The number of carbonyl (C=O) groups is 1. The molecule has 0 N–H and O–H groups in total. The summed E-state index contributed by atoms with van der Waals surface area (Å²) in [6, 6.07) is 8.29. The zero-order chi connectivity index (χ0) is 14.7. The zero-order valence-corrected chi connectivity index (χ0v) is 11.8. The van der Waals surface area contributed by atoms with E-state index in [1.807, 2.05) is 0 Å². The Morgan fingerprint density at radius 2 is 1.75 bits per heavy atom. The lowest BCUT2D eigenvalue weighted by atomic mass is 10.0. The van der Waals surface area contributed by atoms with Crippen LogP contribution in [0.25, 0.3) is 0 Å². The maximum absolute atomic E-state index is 13.6. The van der Waals surface area contributed by atoms with Crippen molar-refractivity contribution < 1.29 is 13.6 Å². The van der Waals surface area contributed by atoms with Crippen LogP contribution in [0.1, 0.15) is 11.1 Å². The SMILES string of the molecule is O=C(Cc1ccc(Cl)cc1F)Cc1c(F)cccc1Cl. The highest BCUT2D eigenvalue weighted by Crippen LogP contribution is 2.21. The van der Waals surface area contributed by atoms with Crippen molar-refractivity contribution in [1.29, 1.82) is 0 Å². The number of benzene rings is 2. The van der Waals surface area contributed by atoms with Crippen molar-refractivity contribution >= 4 is 29.0 Å². The van der Waals surface area contributed by atoms with Crippen LogP contribution < -0.4 is 0 Å². The third kappa shape index (κ3) is 3.56. The smallest absolute Gasteiger partial charge is 0.141 e. The number of ketones is 1. The molecule has 0 aliphatic rings. The van der Waals surface area contributed by atoms with Gasteiger partial charge in [-0.05, 0) is 29.8 Å². The van der Waals surface area contributed by atoms with Gasteiger partial charge in [0.15, 0.2) is 0 Å². The highest BCUT2D eigenvalue weighted by Gasteiger charge is 2.14. The Morgan fingerprint density at radius 3 is 2.40 bits per heavy atom. The second-order valence-electron chi connectivity index (χ2n) is 4.33. The monoisotopic (exact) mass is 314 g/mol. The van der Waals surface area contributed by atoms with Gasteiger partial charge in [0.2, 0.25) is 0 Å². The molecule has 0 amide bonds. The second-order valence-corrected chi connectivity index (χ2v) is 5.17. The Bertz CT molecular complexity index is 636. The van der Waals surface area contributed by atoms with E-state index in [2.05, 4.69) is 0 Å². The van der Waals surface area contributed by atoms with Gasteiger partial charge < -0.3 is 0 Å². The lowest BCUT2D eigenvalue weighted by molar-refractivity contribution is -0.117. The molecule has 20 heavy (non-hydrogen) atoms. The molecule has 2 aromatic carbocycles. The first-order chi connectivity index (χ1) is 9.47.